The number of nitrogens with zero attached hydrogens (tertiary/aromatic N) is 3. The predicted octanol–water partition coefficient (Wildman–Crippen LogP) is 4.05. The summed E-state index contributed by atoms with van der Waals surface area (Å²) in [5.41, 5.74) is -0.599. The summed E-state index contributed by atoms with van der Waals surface area (Å²) < 4.78 is 56.8. The summed E-state index contributed by atoms with van der Waals surface area (Å²) in [6.07, 6.45) is -1.81. The number of hydrogen-bond acceptors (Lipinski definition) is 10. The number of halogens is 2. The lowest BCUT2D eigenvalue weighted by molar-refractivity contribution is -0.387. The van der Waals surface area contributed by atoms with E-state index in [9.17, 15) is 32.4 Å². The van der Waals surface area contributed by atoms with Gasteiger partial charge >= 0.3 is 10.1 Å². The van der Waals surface area contributed by atoms with Crippen molar-refractivity contribution in [1.29, 1.82) is 0 Å². The number of rotatable bonds is 14. The van der Waals surface area contributed by atoms with Gasteiger partial charge < -0.3 is 14.8 Å². The highest BCUT2D eigenvalue weighted by atomic mass is 32.2. The van der Waals surface area contributed by atoms with E-state index in [4.69, 9.17) is 4.18 Å². The number of hydrogen-bond donors (Lipinski definition) is 1. The third-order valence-electron chi connectivity index (χ3n) is 5.22. The third kappa shape index (κ3) is 10.9. The lowest BCUT2D eigenvalue weighted by Crippen LogP contribution is -2.32. The molecule has 6 atom stereocenters. The second-order valence-corrected chi connectivity index (χ2v) is 9.22. The molecular formula is C22H35F2N3O8S. The average Bonchev–Trinajstić information content (AvgIpc) is 2.87. The summed E-state index contributed by atoms with van der Waals surface area (Å²) in [6.45, 7) is 6.52. The summed E-state index contributed by atoms with van der Waals surface area (Å²) in [4.78, 5) is 18.3. The first-order valence-corrected chi connectivity index (χ1v) is 12.5. The molecule has 0 saturated carbocycles. The molecule has 1 aromatic carbocycles. The van der Waals surface area contributed by atoms with Gasteiger partial charge in [0.1, 0.15) is 26.6 Å². The third-order valence-corrected chi connectivity index (χ3v) is 6.60. The number of aliphatic hydroxyl groups is 1. The number of benzene rings is 1. The second-order valence-electron chi connectivity index (χ2n) is 7.68. The van der Waals surface area contributed by atoms with Crippen molar-refractivity contribution in [3.63, 3.8) is 0 Å². The molecule has 1 aromatic rings. The molecule has 0 heterocycles. The van der Waals surface area contributed by atoms with Crippen LogP contribution >= 0.6 is 0 Å². The maximum Gasteiger partial charge on any atom is 0.304 e. The Bertz CT molecular complexity index is 949. The average molecular weight is 540 g/mol. The Hall–Kier alpha value is -2.71. The van der Waals surface area contributed by atoms with E-state index in [1.54, 1.807) is 20.8 Å². The van der Waals surface area contributed by atoms with Gasteiger partial charge in [0.25, 0.3) is 5.69 Å². The van der Waals surface area contributed by atoms with E-state index in [0.717, 1.165) is 24.6 Å². The van der Waals surface area contributed by atoms with E-state index < -0.39 is 62.0 Å². The predicted molar refractivity (Wildman–Crippen MR) is 131 cm³/mol. The fourth-order valence-electron chi connectivity index (χ4n) is 2.86. The molecule has 11 nitrogen and oxygen atoms in total. The molecule has 0 bridgehead atoms. The fourth-order valence-corrected chi connectivity index (χ4v) is 4.24. The number of para-hydroxylation sites is 1. The highest BCUT2D eigenvalue weighted by Crippen LogP contribution is 2.28. The molecule has 0 saturated heterocycles. The Morgan fingerprint density at radius 2 is 1.53 bits per heavy atom. The van der Waals surface area contributed by atoms with Crippen LogP contribution in [0, 0.1) is 22.0 Å². The van der Waals surface area contributed by atoms with Crippen LogP contribution in [0.1, 0.15) is 40.5 Å². The van der Waals surface area contributed by atoms with Crippen molar-refractivity contribution in [2.24, 2.45) is 22.1 Å². The number of nitro benzene ring substituents is 1. The van der Waals surface area contributed by atoms with Gasteiger partial charge in [0.15, 0.2) is 4.90 Å². The monoisotopic (exact) mass is 539 g/mol. The molecule has 1 rings (SSSR count). The van der Waals surface area contributed by atoms with Crippen molar-refractivity contribution in [2.75, 3.05) is 14.2 Å². The number of alkyl halides is 2. The quantitative estimate of drug-likeness (QED) is 0.161. The molecule has 0 fully saturated rings. The first-order valence-electron chi connectivity index (χ1n) is 11.1. The minimum Gasteiger partial charge on any atom is -0.399 e. The standard InChI is InChI=1S/C14H19FN2O6S.C8H16FNO2/c1-4-13(10(2)11(15)9-16-22-3)23-24(20,21)14-8-6-5-7-12(14)17(18)19;1-4-8(11)6(2)7(9)5-10-12-3/h5-11,13H,4H2,1-3H3;5-8,11H,4H2,1-3H3/t10-,11+,13+;6-,7+,8+/m00/s1. The van der Waals surface area contributed by atoms with Crippen molar-refractivity contribution < 1.29 is 41.1 Å². The SMILES string of the molecule is CC[C@@H](O)[C@@H](C)[C@H](F)C=NOC.CC[C@@H](OS(=O)(=O)c1ccccc1[N+](=O)[O-])[C@@H](C)[C@H](F)C=NOC. The van der Waals surface area contributed by atoms with Crippen molar-refractivity contribution >= 4 is 28.2 Å². The van der Waals surface area contributed by atoms with Crippen LogP contribution in [0.25, 0.3) is 0 Å². The molecule has 0 aromatic heterocycles. The Morgan fingerprint density at radius 1 is 1.03 bits per heavy atom. The highest BCUT2D eigenvalue weighted by Gasteiger charge is 2.33. The van der Waals surface area contributed by atoms with Crippen LogP contribution in [-0.2, 0) is 24.0 Å². The van der Waals surface area contributed by atoms with Crippen LogP contribution in [0.2, 0.25) is 0 Å². The van der Waals surface area contributed by atoms with Crippen molar-refractivity contribution in [3.05, 3.63) is 34.4 Å². The Kier molecular flexibility index (Phi) is 15.6. The van der Waals surface area contributed by atoms with Gasteiger partial charge in [0, 0.05) is 17.9 Å². The Balaban J connectivity index is 0.000000860. The van der Waals surface area contributed by atoms with Crippen LogP contribution < -0.4 is 0 Å². The Labute approximate surface area is 210 Å². The lowest BCUT2D eigenvalue weighted by atomic mass is 9.98. The summed E-state index contributed by atoms with van der Waals surface area (Å²) in [7, 11) is -1.83. The smallest absolute Gasteiger partial charge is 0.304 e. The van der Waals surface area contributed by atoms with Crippen LogP contribution in [0.5, 0.6) is 0 Å². The summed E-state index contributed by atoms with van der Waals surface area (Å²) in [5.74, 6) is -1.29. The maximum absolute atomic E-state index is 14.0. The topological polar surface area (TPSA) is 150 Å². The molecule has 0 aliphatic carbocycles. The first kappa shape index (κ1) is 33.3. The molecule has 0 amide bonds. The van der Waals surface area contributed by atoms with Crippen molar-refractivity contribution in [1.82, 2.24) is 0 Å². The van der Waals surface area contributed by atoms with Crippen molar-refractivity contribution in [3.8, 4) is 0 Å². The first-order chi connectivity index (χ1) is 16.9. The highest BCUT2D eigenvalue weighted by molar-refractivity contribution is 7.87. The summed E-state index contributed by atoms with van der Waals surface area (Å²) in [5, 5.41) is 26.8. The zero-order valence-electron chi connectivity index (χ0n) is 21.2. The van der Waals surface area contributed by atoms with Crippen LogP contribution in [-0.4, -0.2) is 69.6 Å². The van der Waals surface area contributed by atoms with Crippen molar-refractivity contribution in [2.45, 2.75) is 70.0 Å². The van der Waals surface area contributed by atoms with E-state index in [1.807, 2.05) is 0 Å². The van der Waals surface area contributed by atoms with Gasteiger partial charge in [-0.25, -0.2) is 8.78 Å². The van der Waals surface area contributed by atoms with Crippen LogP contribution in [0.15, 0.2) is 39.5 Å². The zero-order chi connectivity index (χ0) is 27.9. The summed E-state index contributed by atoms with van der Waals surface area (Å²) >= 11 is 0. The van der Waals surface area contributed by atoms with E-state index in [2.05, 4.69) is 20.0 Å². The van der Waals surface area contributed by atoms with Gasteiger partial charge in [-0.15, -0.1) is 0 Å². The number of oxime groups is 2. The fraction of sp³-hybridized carbons (Fsp3) is 0.636. The molecule has 36 heavy (non-hydrogen) atoms. The van der Waals surface area contributed by atoms with Gasteiger partial charge in [0.05, 0.1) is 29.6 Å². The molecule has 0 aliphatic heterocycles. The molecule has 0 aliphatic rings. The van der Waals surface area contributed by atoms with Gasteiger partial charge in [0.2, 0.25) is 0 Å². The Morgan fingerprint density at radius 3 is 1.97 bits per heavy atom. The zero-order valence-corrected chi connectivity index (χ0v) is 22.0. The molecule has 0 radical (unpaired) electrons. The van der Waals surface area contributed by atoms with Gasteiger partial charge in [-0.2, -0.15) is 8.42 Å². The molecule has 14 heteroatoms. The van der Waals surface area contributed by atoms with Gasteiger partial charge in [-0.1, -0.05) is 50.1 Å². The normalized spacial score (nSPS) is 16.9. The molecule has 206 valence electrons. The van der Waals surface area contributed by atoms with E-state index in [-0.39, 0.29) is 6.42 Å². The lowest BCUT2D eigenvalue weighted by Gasteiger charge is -2.23. The minimum absolute atomic E-state index is 0.183. The van der Waals surface area contributed by atoms with Gasteiger partial charge in [-0.05, 0) is 18.9 Å². The largest absolute Gasteiger partial charge is 0.399 e. The number of nitro groups is 1. The van der Waals surface area contributed by atoms with E-state index in [1.165, 1.54) is 33.3 Å². The van der Waals surface area contributed by atoms with Gasteiger partial charge in [-0.3, -0.25) is 14.3 Å². The molecule has 0 spiro atoms. The molecule has 1 N–H and O–H groups in total. The van der Waals surface area contributed by atoms with Crippen LogP contribution in [0.3, 0.4) is 0 Å². The second kappa shape index (κ2) is 16.9. The maximum atomic E-state index is 14.0. The summed E-state index contributed by atoms with van der Waals surface area (Å²) in [6, 6.07) is 4.82. The van der Waals surface area contributed by atoms with E-state index in [0.29, 0.717) is 6.42 Å². The van der Waals surface area contributed by atoms with E-state index >= 15 is 0 Å². The van der Waals surface area contributed by atoms with Crippen LogP contribution in [0.4, 0.5) is 14.5 Å². The minimum atomic E-state index is -4.43. The molecule has 0 unspecified atom stereocenters. The molecular weight excluding hydrogens is 504 g/mol. The number of aliphatic hydroxyl groups excluding tert-OH is 1.